The minimum absolute atomic E-state index is 0.118. The quantitative estimate of drug-likeness (QED) is 0.649. The van der Waals surface area contributed by atoms with Gasteiger partial charge in [0.15, 0.2) is 11.5 Å². The maximum Gasteiger partial charge on any atom is 0.319 e. The van der Waals surface area contributed by atoms with Gasteiger partial charge in [-0.05, 0) is 18.2 Å². The van der Waals surface area contributed by atoms with Gasteiger partial charge in [0.1, 0.15) is 0 Å². The van der Waals surface area contributed by atoms with Gasteiger partial charge in [0.05, 0.1) is 7.11 Å². The lowest BCUT2D eigenvalue weighted by molar-refractivity contribution is 0.0966. The molecule has 0 saturated carbocycles. The van der Waals surface area contributed by atoms with Crippen LogP contribution in [-0.4, -0.2) is 24.2 Å². The van der Waals surface area contributed by atoms with E-state index in [-0.39, 0.29) is 17.1 Å². The number of phenols is 1. The van der Waals surface area contributed by atoms with E-state index in [1.54, 1.807) is 0 Å². The molecular weight excluding hydrogens is 200 g/mol. The van der Waals surface area contributed by atoms with Gasteiger partial charge in [-0.15, -0.1) is 0 Å². The van der Waals surface area contributed by atoms with Crippen molar-refractivity contribution in [1.82, 2.24) is 5.32 Å². The van der Waals surface area contributed by atoms with Gasteiger partial charge in [0.25, 0.3) is 5.91 Å². The Bertz CT molecular complexity index is 403. The minimum Gasteiger partial charge on any atom is -0.504 e. The summed E-state index contributed by atoms with van der Waals surface area (Å²) in [4.78, 5) is 21.6. The Morgan fingerprint density at radius 3 is 2.60 bits per heavy atom. The summed E-state index contributed by atoms with van der Waals surface area (Å²) >= 11 is 0. The summed E-state index contributed by atoms with van der Waals surface area (Å²) in [6.07, 6.45) is 0. The number of hydrogen-bond acceptors (Lipinski definition) is 4. The third-order valence-corrected chi connectivity index (χ3v) is 1.68. The number of rotatable bonds is 2. The van der Waals surface area contributed by atoms with Gasteiger partial charge < -0.3 is 15.6 Å². The first-order valence-corrected chi connectivity index (χ1v) is 4.02. The fourth-order valence-corrected chi connectivity index (χ4v) is 1.02. The van der Waals surface area contributed by atoms with Crippen LogP contribution in [0.25, 0.3) is 0 Å². The lowest BCUT2D eigenvalue weighted by atomic mass is 10.2. The van der Waals surface area contributed by atoms with Crippen LogP contribution in [-0.2, 0) is 0 Å². The second kappa shape index (κ2) is 4.32. The molecule has 0 bridgehead atoms. The number of amides is 3. The number of benzene rings is 1. The fourth-order valence-electron chi connectivity index (χ4n) is 1.02. The highest BCUT2D eigenvalue weighted by atomic mass is 16.5. The van der Waals surface area contributed by atoms with Crippen LogP contribution in [0.1, 0.15) is 10.4 Å². The number of hydrogen-bond donors (Lipinski definition) is 3. The predicted octanol–water partition coefficient (Wildman–Crippen LogP) is 0.209. The number of nitrogens with two attached hydrogens (primary N) is 1. The highest BCUT2D eigenvalue weighted by molar-refractivity contribution is 6.04. The number of ether oxygens (including phenoxy) is 1. The molecule has 0 spiro atoms. The molecule has 0 radical (unpaired) electrons. The van der Waals surface area contributed by atoms with Gasteiger partial charge >= 0.3 is 6.03 Å². The summed E-state index contributed by atoms with van der Waals surface area (Å²) in [6.45, 7) is 0. The van der Waals surface area contributed by atoms with Crippen LogP contribution in [0, 0.1) is 0 Å². The topological polar surface area (TPSA) is 102 Å². The number of carbonyl (C=O) groups is 2. The van der Waals surface area contributed by atoms with Crippen molar-refractivity contribution < 1.29 is 19.4 Å². The molecular formula is C9H10N2O4. The van der Waals surface area contributed by atoms with Crippen molar-refractivity contribution in [2.24, 2.45) is 5.73 Å². The van der Waals surface area contributed by atoms with E-state index in [2.05, 4.69) is 0 Å². The Balaban J connectivity index is 2.92. The monoisotopic (exact) mass is 210 g/mol. The molecule has 0 aliphatic carbocycles. The van der Waals surface area contributed by atoms with Gasteiger partial charge in [0, 0.05) is 5.56 Å². The lowest BCUT2D eigenvalue weighted by Gasteiger charge is -2.05. The van der Waals surface area contributed by atoms with Crippen molar-refractivity contribution in [1.29, 1.82) is 0 Å². The number of phenolic OH excluding ortho intramolecular Hbond substituents is 1. The molecule has 0 saturated heterocycles. The summed E-state index contributed by atoms with van der Waals surface area (Å²) in [7, 11) is 1.39. The van der Waals surface area contributed by atoms with Crippen LogP contribution < -0.4 is 15.8 Å². The molecule has 1 rings (SSSR count). The van der Waals surface area contributed by atoms with E-state index in [4.69, 9.17) is 10.5 Å². The maximum atomic E-state index is 11.2. The number of carbonyl (C=O) groups excluding carboxylic acids is 2. The number of primary amides is 1. The molecule has 15 heavy (non-hydrogen) atoms. The fraction of sp³-hybridized carbons (Fsp3) is 0.111. The Morgan fingerprint density at radius 1 is 1.47 bits per heavy atom. The van der Waals surface area contributed by atoms with Crippen molar-refractivity contribution in [2.75, 3.05) is 7.11 Å². The molecule has 3 amide bonds. The van der Waals surface area contributed by atoms with Crippen molar-refractivity contribution in [2.45, 2.75) is 0 Å². The number of urea groups is 1. The Hall–Kier alpha value is -2.24. The molecule has 0 unspecified atom stereocenters. The zero-order chi connectivity index (χ0) is 11.4. The summed E-state index contributed by atoms with van der Waals surface area (Å²) in [6, 6.07) is 3.04. The zero-order valence-electron chi connectivity index (χ0n) is 7.98. The summed E-state index contributed by atoms with van der Waals surface area (Å²) in [5.74, 6) is -0.624. The van der Waals surface area contributed by atoms with Crippen LogP contribution in [0.5, 0.6) is 11.5 Å². The van der Waals surface area contributed by atoms with E-state index < -0.39 is 11.9 Å². The van der Waals surface area contributed by atoms with Gasteiger partial charge in [-0.2, -0.15) is 0 Å². The lowest BCUT2D eigenvalue weighted by Crippen LogP contribution is -2.34. The first kappa shape index (κ1) is 10.8. The highest BCUT2D eigenvalue weighted by Gasteiger charge is 2.10. The van der Waals surface area contributed by atoms with E-state index in [0.717, 1.165) is 0 Å². The highest BCUT2D eigenvalue weighted by Crippen LogP contribution is 2.25. The molecule has 0 fully saturated rings. The predicted molar refractivity (Wildman–Crippen MR) is 51.7 cm³/mol. The molecule has 0 aliphatic heterocycles. The molecule has 6 nitrogen and oxygen atoms in total. The zero-order valence-corrected chi connectivity index (χ0v) is 7.98. The average Bonchev–Trinajstić information content (AvgIpc) is 2.16. The standard InChI is InChI=1S/C9H10N2O4/c1-15-7-3-2-5(4-6(7)12)8(13)11-9(10)14/h2-4,12H,1H3,(H3,10,11,13,14). The normalized spacial score (nSPS) is 9.40. The van der Waals surface area contributed by atoms with Crippen LogP contribution in [0.3, 0.4) is 0 Å². The maximum absolute atomic E-state index is 11.2. The SMILES string of the molecule is COc1ccc(C(=O)NC(N)=O)cc1O. The minimum atomic E-state index is -0.949. The Labute approximate surface area is 85.6 Å². The van der Waals surface area contributed by atoms with Gasteiger partial charge in [-0.25, -0.2) is 4.79 Å². The van der Waals surface area contributed by atoms with E-state index in [9.17, 15) is 14.7 Å². The number of imide groups is 1. The molecule has 4 N–H and O–H groups in total. The first-order valence-electron chi connectivity index (χ1n) is 4.02. The summed E-state index contributed by atoms with van der Waals surface area (Å²) in [5.41, 5.74) is 4.88. The second-order valence-corrected chi connectivity index (χ2v) is 2.71. The van der Waals surface area contributed by atoms with E-state index in [1.165, 1.54) is 25.3 Å². The van der Waals surface area contributed by atoms with E-state index in [1.807, 2.05) is 5.32 Å². The van der Waals surface area contributed by atoms with Crippen molar-refractivity contribution >= 4 is 11.9 Å². The van der Waals surface area contributed by atoms with Crippen LogP contribution in [0.15, 0.2) is 18.2 Å². The molecule has 0 heterocycles. The molecule has 0 atom stereocenters. The summed E-state index contributed by atoms with van der Waals surface area (Å²) in [5, 5.41) is 11.2. The molecule has 0 aromatic heterocycles. The Morgan fingerprint density at radius 2 is 2.13 bits per heavy atom. The molecule has 0 aliphatic rings. The van der Waals surface area contributed by atoms with E-state index >= 15 is 0 Å². The van der Waals surface area contributed by atoms with Gasteiger partial charge in [0.2, 0.25) is 0 Å². The number of nitrogens with one attached hydrogen (secondary N) is 1. The average molecular weight is 210 g/mol. The van der Waals surface area contributed by atoms with Crippen LogP contribution >= 0.6 is 0 Å². The number of methoxy groups -OCH3 is 1. The largest absolute Gasteiger partial charge is 0.504 e. The smallest absolute Gasteiger partial charge is 0.319 e. The second-order valence-electron chi connectivity index (χ2n) is 2.71. The van der Waals surface area contributed by atoms with Gasteiger partial charge in [-0.1, -0.05) is 0 Å². The molecule has 1 aromatic carbocycles. The molecule has 1 aromatic rings. The van der Waals surface area contributed by atoms with E-state index in [0.29, 0.717) is 0 Å². The number of aromatic hydroxyl groups is 1. The molecule has 80 valence electrons. The third kappa shape index (κ3) is 2.60. The van der Waals surface area contributed by atoms with Crippen molar-refractivity contribution in [3.05, 3.63) is 23.8 Å². The molecule has 6 heteroatoms. The first-order chi connectivity index (χ1) is 7.04. The van der Waals surface area contributed by atoms with Crippen LogP contribution in [0.2, 0.25) is 0 Å². The van der Waals surface area contributed by atoms with Crippen molar-refractivity contribution in [3.8, 4) is 11.5 Å². The summed E-state index contributed by atoms with van der Waals surface area (Å²) < 4.78 is 4.79. The van der Waals surface area contributed by atoms with Crippen LogP contribution in [0.4, 0.5) is 4.79 Å². The van der Waals surface area contributed by atoms with Crippen molar-refractivity contribution in [3.63, 3.8) is 0 Å². The Kier molecular flexibility index (Phi) is 3.12. The van der Waals surface area contributed by atoms with Gasteiger partial charge in [-0.3, -0.25) is 10.1 Å². The third-order valence-electron chi connectivity index (χ3n) is 1.68.